The molecule has 2 aliphatic heterocycles. The Morgan fingerprint density at radius 2 is 1.89 bits per heavy atom. The molecule has 0 amide bonds. The summed E-state index contributed by atoms with van der Waals surface area (Å²) < 4.78 is 77.1. The molecule has 2 aromatic carbocycles. The number of hydrogen-bond donors (Lipinski definition) is 0. The first-order valence-corrected chi connectivity index (χ1v) is 14.5. The van der Waals surface area contributed by atoms with Crippen molar-refractivity contribution in [1.29, 1.82) is 0 Å². The van der Waals surface area contributed by atoms with E-state index in [1.54, 1.807) is 18.2 Å². The Balaban J connectivity index is 1.48. The van der Waals surface area contributed by atoms with E-state index in [-0.39, 0.29) is 22.3 Å². The van der Waals surface area contributed by atoms with Gasteiger partial charge in [0.2, 0.25) is 10.0 Å². The van der Waals surface area contributed by atoms with Crippen LogP contribution in [0, 0.1) is 23.4 Å². The number of rotatable bonds is 7. The first-order chi connectivity index (χ1) is 17.2. The molecule has 0 aliphatic carbocycles. The van der Waals surface area contributed by atoms with Gasteiger partial charge >= 0.3 is 0 Å². The summed E-state index contributed by atoms with van der Waals surface area (Å²) in [6, 6.07) is 6.33. The van der Waals surface area contributed by atoms with Crippen LogP contribution in [0.1, 0.15) is 38.2 Å². The molecule has 3 aromatic rings. The van der Waals surface area contributed by atoms with Gasteiger partial charge in [-0.2, -0.15) is 4.31 Å². The molecule has 2 atom stereocenters. The third kappa shape index (κ3) is 5.16. The van der Waals surface area contributed by atoms with E-state index in [2.05, 4.69) is 11.9 Å². The summed E-state index contributed by atoms with van der Waals surface area (Å²) in [5, 5.41) is 0.533. The molecule has 3 heterocycles. The van der Waals surface area contributed by atoms with Gasteiger partial charge < -0.3 is 9.30 Å². The van der Waals surface area contributed by atoms with Gasteiger partial charge in [-0.05, 0) is 55.9 Å². The molecule has 2 aliphatic rings. The molecular formula is C25H28F3N3O3S2. The minimum absolute atomic E-state index is 0.0139. The van der Waals surface area contributed by atoms with Crippen LogP contribution in [0.25, 0.3) is 11.0 Å². The number of fused-ring (bicyclic) bond motifs is 1. The van der Waals surface area contributed by atoms with Crippen LogP contribution in [-0.2, 0) is 27.1 Å². The zero-order chi connectivity index (χ0) is 25.4. The molecule has 0 N–H and O–H groups in total. The summed E-state index contributed by atoms with van der Waals surface area (Å²) in [6.45, 7) is 4.23. The van der Waals surface area contributed by atoms with E-state index in [1.807, 2.05) is 4.57 Å². The number of thioether (sulfide) groups is 1. The normalized spacial score (nSPS) is 21.4. The maximum Gasteiger partial charge on any atom is 0.243 e. The number of imidazole rings is 1. The van der Waals surface area contributed by atoms with Crippen molar-refractivity contribution < 1.29 is 26.3 Å². The maximum absolute atomic E-state index is 14.2. The highest BCUT2D eigenvalue weighted by Crippen LogP contribution is 2.32. The highest BCUT2D eigenvalue weighted by atomic mass is 32.2. The third-order valence-electron chi connectivity index (χ3n) is 6.80. The number of ether oxygens (including phenoxy) is 1. The zero-order valence-electron chi connectivity index (χ0n) is 19.9. The van der Waals surface area contributed by atoms with Gasteiger partial charge in [0, 0.05) is 37.1 Å². The molecule has 5 rings (SSSR count). The summed E-state index contributed by atoms with van der Waals surface area (Å²) in [5.41, 5.74) is 1.27. The second-order valence-corrected chi connectivity index (χ2v) is 12.4. The highest BCUT2D eigenvalue weighted by Gasteiger charge is 2.29. The van der Waals surface area contributed by atoms with Crippen LogP contribution in [0.5, 0.6) is 0 Å². The Bertz CT molecular complexity index is 1370. The highest BCUT2D eigenvalue weighted by molar-refractivity contribution is 7.98. The van der Waals surface area contributed by atoms with Gasteiger partial charge in [0.1, 0.15) is 5.82 Å². The Morgan fingerprint density at radius 1 is 1.08 bits per heavy atom. The fraction of sp³-hybridized carbons (Fsp3) is 0.480. The van der Waals surface area contributed by atoms with Crippen molar-refractivity contribution in [2.75, 3.05) is 19.7 Å². The molecule has 194 valence electrons. The van der Waals surface area contributed by atoms with E-state index in [1.165, 1.54) is 16.1 Å². The van der Waals surface area contributed by atoms with Gasteiger partial charge in [-0.25, -0.2) is 26.6 Å². The van der Waals surface area contributed by atoms with E-state index in [9.17, 15) is 21.6 Å². The quantitative estimate of drug-likeness (QED) is 0.299. The van der Waals surface area contributed by atoms with Gasteiger partial charge in [-0.1, -0.05) is 18.7 Å². The Hall–Kier alpha value is -2.08. The molecule has 2 fully saturated rings. The minimum atomic E-state index is -3.66. The summed E-state index contributed by atoms with van der Waals surface area (Å²) in [6.07, 6.45) is 3.68. The Labute approximate surface area is 212 Å². The minimum Gasteiger partial charge on any atom is -0.376 e. The predicted molar refractivity (Wildman–Crippen MR) is 132 cm³/mol. The van der Waals surface area contributed by atoms with E-state index in [4.69, 9.17) is 4.74 Å². The Kier molecular flexibility index (Phi) is 7.35. The van der Waals surface area contributed by atoms with E-state index in [0.29, 0.717) is 48.9 Å². The summed E-state index contributed by atoms with van der Waals surface area (Å²) in [5.74, 6) is -2.82. The molecule has 0 radical (unpaired) electrons. The van der Waals surface area contributed by atoms with Crippen LogP contribution in [0.3, 0.4) is 0 Å². The van der Waals surface area contributed by atoms with Crippen LogP contribution in [0.4, 0.5) is 13.2 Å². The molecule has 1 aromatic heterocycles. The fourth-order valence-electron chi connectivity index (χ4n) is 4.86. The molecule has 6 nitrogen and oxygen atoms in total. The van der Waals surface area contributed by atoms with Crippen molar-refractivity contribution in [3.05, 3.63) is 53.3 Å². The van der Waals surface area contributed by atoms with Crippen LogP contribution in [-0.4, -0.2) is 48.1 Å². The number of hydrogen-bond acceptors (Lipinski definition) is 5. The number of benzene rings is 2. The fourth-order valence-corrected chi connectivity index (χ4v) is 7.47. The van der Waals surface area contributed by atoms with Crippen molar-refractivity contribution in [3.63, 3.8) is 0 Å². The van der Waals surface area contributed by atoms with E-state index >= 15 is 0 Å². The van der Waals surface area contributed by atoms with E-state index in [0.717, 1.165) is 37.3 Å². The van der Waals surface area contributed by atoms with Crippen LogP contribution < -0.4 is 0 Å². The van der Waals surface area contributed by atoms with Crippen molar-refractivity contribution in [3.8, 4) is 0 Å². The SMILES string of the molecule is C[C@H]1CCCN(S(=O)(=O)c2ccc3c(c2)nc(SCc2cc(F)c(F)cc2F)n3C[C@H]2CCCO2)C1. The molecule has 0 saturated carbocycles. The lowest BCUT2D eigenvalue weighted by molar-refractivity contribution is 0.0960. The molecule has 0 unspecified atom stereocenters. The largest absolute Gasteiger partial charge is 0.376 e. The van der Waals surface area contributed by atoms with Gasteiger partial charge in [-0.15, -0.1) is 0 Å². The van der Waals surface area contributed by atoms with Crippen molar-refractivity contribution in [1.82, 2.24) is 13.9 Å². The lowest BCUT2D eigenvalue weighted by Crippen LogP contribution is -2.39. The van der Waals surface area contributed by atoms with E-state index < -0.39 is 27.5 Å². The predicted octanol–water partition coefficient (Wildman–Crippen LogP) is 5.35. The smallest absolute Gasteiger partial charge is 0.243 e. The number of aromatic nitrogens is 2. The molecular weight excluding hydrogens is 511 g/mol. The van der Waals surface area contributed by atoms with Gasteiger partial charge in [0.15, 0.2) is 16.8 Å². The van der Waals surface area contributed by atoms with Crippen molar-refractivity contribution in [2.24, 2.45) is 5.92 Å². The first-order valence-electron chi connectivity index (χ1n) is 12.1. The second kappa shape index (κ2) is 10.4. The topological polar surface area (TPSA) is 64.4 Å². The second-order valence-electron chi connectivity index (χ2n) is 9.55. The van der Waals surface area contributed by atoms with Crippen molar-refractivity contribution >= 4 is 32.8 Å². The molecule has 0 spiro atoms. The average molecular weight is 540 g/mol. The zero-order valence-corrected chi connectivity index (χ0v) is 21.6. The summed E-state index contributed by atoms with van der Waals surface area (Å²) in [7, 11) is -3.66. The monoisotopic (exact) mass is 539 g/mol. The number of nitrogens with zero attached hydrogens (tertiary/aromatic N) is 3. The van der Waals surface area contributed by atoms with Crippen LogP contribution >= 0.6 is 11.8 Å². The summed E-state index contributed by atoms with van der Waals surface area (Å²) >= 11 is 1.19. The summed E-state index contributed by atoms with van der Waals surface area (Å²) in [4.78, 5) is 4.86. The van der Waals surface area contributed by atoms with Crippen LogP contribution in [0.15, 0.2) is 40.4 Å². The number of sulfonamides is 1. The van der Waals surface area contributed by atoms with Crippen LogP contribution in [0.2, 0.25) is 0 Å². The van der Waals surface area contributed by atoms with Gasteiger partial charge in [-0.3, -0.25) is 0 Å². The molecule has 2 saturated heterocycles. The third-order valence-corrected chi connectivity index (χ3v) is 9.68. The molecule has 0 bridgehead atoms. The lowest BCUT2D eigenvalue weighted by Gasteiger charge is -2.30. The molecule has 11 heteroatoms. The number of halogens is 3. The standard InChI is InChI=1S/C25H28F3N3O3S2/c1-16-4-2-8-30(13-16)36(32,33)19-6-7-24-23(11-19)29-25(31(24)14-18-5-3-9-34-18)35-15-17-10-21(27)22(28)12-20(17)26/h6-7,10-12,16,18H,2-5,8-9,13-15H2,1H3/t16-,18+/m0/s1. The molecule has 36 heavy (non-hydrogen) atoms. The first kappa shape index (κ1) is 25.6. The number of piperidine rings is 1. The Morgan fingerprint density at radius 3 is 2.64 bits per heavy atom. The average Bonchev–Trinajstić information content (AvgIpc) is 3.48. The van der Waals surface area contributed by atoms with Gasteiger partial charge in [0.05, 0.1) is 28.6 Å². The lowest BCUT2D eigenvalue weighted by atomic mass is 10.0. The van der Waals surface area contributed by atoms with Gasteiger partial charge in [0.25, 0.3) is 0 Å². The van der Waals surface area contributed by atoms with Crippen molar-refractivity contribution in [2.45, 2.75) is 61.1 Å². The maximum atomic E-state index is 14.2.